The topological polar surface area (TPSA) is 63.6 Å². The van der Waals surface area contributed by atoms with E-state index >= 15 is 0 Å². The minimum atomic E-state index is -0.192. The lowest BCUT2D eigenvalue weighted by atomic mass is 10.2. The zero-order chi connectivity index (χ0) is 11.3. The van der Waals surface area contributed by atoms with Gasteiger partial charge in [0.25, 0.3) is 0 Å². The van der Waals surface area contributed by atoms with E-state index < -0.39 is 0 Å². The molecule has 3 aromatic rings. The fraction of sp³-hybridized carbons (Fsp3) is 0.100. The van der Waals surface area contributed by atoms with Crippen LogP contribution in [0.4, 0.5) is 0 Å². The molecule has 0 aliphatic carbocycles. The van der Waals surface area contributed by atoms with Gasteiger partial charge in [-0.25, -0.2) is 4.79 Å². The van der Waals surface area contributed by atoms with E-state index in [9.17, 15) is 4.79 Å². The molecule has 0 amide bonds. The van der Waals surface area contributed by atoms with Crippen LogP contribution in [0.2, 0.25) is 0 Å². The van der Waals surface area contributed by atoms with Crippen molar-refractivity contribution in [3.8, 4) is 0 Å². The number of benzene rings is 1. The number of fused-ring (bicyclic) bond motifs is 3. The summed E-state index contributed by atoms with van der Waals surface area (Å²) >= 11 is 1.14. The van der Waals surface area contributed by atoms with Gasteiger partial charge in [0.2, 0.25) is 0 Å². The molecule has 16 heavy (non-hydrogen) atoms. The summed E-state index contributed by atoms with van der Waals surface area (Å²) < 4.78 is 9.84. The minimum absolute atomic E-state index is 0.192. The van der Waals surface area contributed by atoms with Crippen LogP contribution < -0.4 is 5.69 Å². The van der Waals surface area contributed by atoms with Crippen molar-refractivity contribution < 1.29 is 0 Å². The average Bonchev–Trinajstić information content (AvgIpc) is 2.78. The number of nitrogens with one attached hydrogen (secondary N) is 1. The fourth-order valence-corrected chi connectivity index (χ4v) is 2.34. The number of H-pyrrole nitrogens is 1. The van der Waals surface area contributed by atoms with E-state index in [1.54, 1.807) is 6.92 Å². The zero-order valence-electron chi connectivity index (χ0n) is 8.52. The number of rotatable bonds is 1. The first-order valence-electron chi connectivity index (χ1n) is 4.70. The molecule has 0 fully saturated rings. The highest BCUT2D eigenvalue weighted by Crippen LogP contribution is 2.22. The molecule has 0 saturated carbocycles. The minimum Gasteiger partial charge on any atom is -0.303 e. The Labute approximate surface area is 94.4 Å². The summed E-state index contributed by atoms with van der Waals surface area (Å²) in [7, 11) is 0. The van der Waals surface area contributed by atoms with Crippen LogP contribution in [0.25, 0.3) is 27.8 Å². The molecule has 2 aromatic heterocycles. The molecule has 1 N–H and O–H groups in total. The Bertz CT molecular complexity index is 764. The highest BCUT2D eigenvalue weighted by Gasteiger charge is 2.11. The van der Waals surface area contributed by atoms with E-state index in [-0.39, 0.29) is 5.69 Å². The summed E-state index contributed by atoms with van der Waals surface area (Å²) in [6.45, 7) is 5.58. The smallest absolute Gasteiger partial charge is 0.303 e. The van der Waals surface area contributed by atoms with Crippen molar-refractivity contribution in [1.82, 2.24) is 18.3 Å². The number of hydrogen-bond donors (Lipinski definition) is 1. The number of aromatic nitrogens is 4. The van der Waals surface area contributed by atoms with Crippen molar-refractivity contribution >= 4 is 39.5 Å². The van der Waals surface area contributed by atoms with Crippen LogP contribution in [-0.2, 0) is 0 Å². The molecule has 0 atom stereocenters. The lowest BCUT2D eigenvalue weighted by molar-refractivity contribution is 1.04. The molecule has 80 valence electrons. The van der Waals surface area contributed by atoms with Gasteiger partial charge < -0.3 is 4.98 Å². The molecule has 0 radical (unpaired) electrons. The van der Waals surface area contributed by atoms with Crippen LogP contribution in [0.15, 0.2) is 23.5 Å². The molecular formula is C10H8N4OS. The number of allylic oxidation sites excluding steroid dienone is 1. The van der Waals surface area contributed by atoms with Crippen LogP contribution in [0.5, 0.6) is 0 Å². The molecule has 0 saturated heterocycles. The van der Waals surface area contributed by atoms with Crippen molar-refractivity contribution in [1.29, 1.82) is 0 Å². The van der Waals surface area contributed by atoms with Gasteiger partial charge in [0.05, 0.1) is 22.8 Å². The third-order valence-electron chi connectivity index (χ3n) is 2.46. The van der Waals surface area contributed by atoms with Crippen molar-refractivity contribution in [3.05, 3.63) is 29.2 Å². The summed E-state index contributed by atoms with van der Waals surface area (Å²) in [6.07, 6.45) is 0. The average molecular weight is 232 g/mol. The lowest BCUT2D eigenvalue weighted by Crippen LogP contribution is -2.13. The molecule has 0 spiro atoms. The third kappa shape index (κ3) is 1.07. The van der Waals surface area contributed by atoms with E-state index in [1.807, 2.05) is 12.1 Å². The van der Waals surface area contributed by atoms with Crippen molar-refractivity contribution in [2.45, 2.75) is 6.92 Å². The Morgan fingerprint density at radius 3 is 3.06 bits per heavy atom. The number of aromatic amines is 1. The van der Waals surface area contributed by atoms with Gasteiger partial charge in [-0.15, -0.1) is 0 Å². The van der Waals surface area contributed by atoms with E-state index in [1.165, 1.54) is 4.57 Å². The first-order valence-corrected chi connectivity index (χ1v) is 5.43. The highest BCUT2D eigenvalue weighted by molar-refractivity contribution is 7.00. The molecule has 6 heteroatoms. The maximum Gasteiger partial charge on any atom is 0.330 e. The molecule has 2 heterocycles. The largest absolute Gasteiger partial charge is 0.330 e. The summed E-state index contributed by atoms with van der Waals surface area (Å²) in [5.74, 6) is 0. The second kappa shape index (κ2) is 3.02. The quantitative estimate of drug-likeness (QED) is 0.696. The molecule has 0 bridgehead atoms. The highest BCUT2D eigenvalue weighted by atomic mass is 32.1. The van der Waals surface area contributed by atoms with Crippen molar-refractivity contribution in [3.63, 3.8) is 0 Å². The van der Waals surface area contributed by atoms with Gasteiger partial charge in [0, 0.05) is 5.70 Å². The van der Waals surface area contributed by atoms with E-state index in [4.69, 9.17) is 0 Å². The van der Waals surface area contributed by atoms with Crippen LogP contribution in [0, 0.1) is 0 Å². The Kier molecular flexibility index (Phi) is 1.75. The zero-order valence-corrected chi connectivity index (χ0v) is 9.34. The predicted molar refractivity (Wildman–Crippen MR) is 64.5 cm³/mol. The van der Waals surface area contributed by atoms with Crippen molar-refractivity contribution in [2.24, 2.45) is 0 Å². The number of imidazole rings is 1. The SMILES string of the molecule is C=C(C)n1c(=O)[nH]c2c3nsnc3ccc21. The maximum atomic E-state index is 11.7. The number of nitrogens with zero attached hydrogens (tertiary/aromatic N) is 3. The third-order valence-corrected chi connectivity index (χ3v) is 3.01. The molecular weight excluding hydrogens is 224 g/mol. The van der Waals surface area contributed by atoms with Gasteiger partial charge in [-0.3, -0.25) is 4.57 Å². The lowest BCUT2D eigenvalue weighted by Gasteiger charge is -1.99. The van der Waals surface area contributed by atoms with Crippen LogP contribution in [-0.4, -0.2) is 18.3 Å². The second-order valence-corrected chi connectivity index (χ2v) is 4.12. The second-order valence-electron chi connectivity index (χ2n) is 3.59. The van der Waals surface area contributed by atoms with Crippen LogP contribution in [0.3, 0.4) is 0 Å². The number of hydrogen-bond acceptors (Lipinski definition) is 4. The molecule has 0 unspecified atom stereocenters. The van der Waals surface area contributed by atoms with Gasteiger partial charge in [0.15, 0.2) is 0 Å². The van der Waals surface area contributed by atoms with Crippen LogP contribution in [0.1, 0.15) is 6.92 Å². The van der Waals surface area contributed by atoms with Gasteiger partial charge in [-0.2, -0.15) is 8.75 Å². The fourth-order valence-electron chi connectivity index (χ4n) is 1.80. The van der Waals surface area contributed by atoms with Crippen molar-refractivity contribution in [2.75, 3.05) is 0 Å². The van der Waals surface area contributed by atoms with Gasteiger partial charge in [-0.05, 0) is 19.1 Å². The maximum absolute atomic E-state index is 11.7. The molecule has 1 aromatic carbocycles. The first kappa shape index (κ1) is 9.29. The van der Waals surface area contributed by atoms with Crippen LogP contribution >= 0.6 is 11.7 Å². The van der Waals surface area contributed by atoms with Gasteiger partial charge in [0.1, 0.15) is 11.0 Å². The Balaban J connectivity index is 2.60. The summed E-state index contributed by atoms with van der Waals surface area (Å²) in [5, 5.41) is 0. The predicted octanol–water partition coefficient (Wildman–Crippen LogP) is 1.82. The Morgan fingerprint density at radius 2 is 2.31 bits per heavy atom. The summed E-state index contributed by atoms with van der Waals surface area (Å²) in [6, 6.07) is 3.71. The van der Waals surface area contributed by atoms with Gasteiger partial charge >= 0.3 is 5.69 Å². The molecule has 3 rings (SSSR count). The van der Waals surface area contributed by atoms with Gasteiger partial charge in [-0.1, -0.05) is 6.58 Å². The van der Waals surface area contributed by atoms with E-state index in [0.717, 1.165) is 33.8 Å². The van der Waals surface area contributed by atoms with E-state index in [0.29, 0.717) is 5.70 Å². The molecule has 0 aliphatic rings. The summed E-state index contributed by atoms with van der Waals surface area (Å²) in [4.78, 5) is 14.5. The standard InChI is InChI=1S/C10H8N4OS/c1-5(2)14-7-4-3-6-8(13-16-12-6)9(7)11-10(14)15/h3-4H,1H2,2H3,(H,11,15). The monoisotopic (exact) mass is 232 g/mol. The Morgan fingerprint density at radius 1 is 1.50 bits per heavy atom. The molecule has 5 nitrogen and oxygen atoms in total. The van der Waals surface area contributed by atoms with E-state index in [2.05, 4.69) is 20.3 Å². The summed E-state index contributed by atoms with van der Waals surface area (Å²) in [5.41, 5.74) is 3.53. The first-order chi connectivity index (χ1) is 7.68. The Hall–Kier alpha value is -1.95. The molecule has 0 aliphatic heterocycles. The normalized spacial score (nSPS) is 11.3.